The molecule has 1 aromatic carbocycles. The standard InChI is InChI=1S/C16H25NO/c1-11(2)15-10-13(9-14-6-5-7-17-14)12(3)8-16(15)18-4/h8,10-11,14,17H,5-7,9H2,1-4H3. The lowest BCUT2D eigenvalue weighted by molar-refractivity contribution is 0.407. The molecule has 1 atom stereocenters. The van der Waals surface area contributed by atoms with Crippen LogP contribution in [0.4, 0.5) is 0 Å². The second kappa shape index (κ2) is 5.75. The number of hydrogen-bond acceptors (Lipinski definition) is 2. The van der Waals surface area contributed by atoms with Gasteiger partial charge >= 0.3 is 0 Å². The molecule has 1 fully saturated rings. The molecule has 2 heteroatoms. The largest absolute Gasteiger partial charge is 0.496 e. The third kappa shape index (κ3) is 2.86. The highest BCUT2D eigenvalue weighted by Crippen LogP contribution is 2.30. The van der Waals surface area contributed by atoms with Crippen LogP contribution >= 0.6 is 0 Å². The van der Waals surface area contributed by atoms with E-state index in [1.165, 1.54) is 36.1 Å². The highest BCUT2D eigenvalue weighted by Gasteiger charge is 2.17. The van der Waals surface area contributed by atoms with Crippen molar-refractivity contribution in [3.05, 3.63) is 28.8 Å². The Morgan fingerprint density at radius 1 is 1.39 bits per heavy atom. The number of rotatable bonds is 4. The van der Waals surface area contributed by atoms with Crippen molar-refractivity contribution >= 4 is 0 Å². The summed E-state index contributed by atoms with van der Waals surface area (Å²) >= 11 is 0. The normalized spacial score (nSPS) is 19.5. The van der Waals surface area contributed by atoms with Crippen LogP contribution in [0.2, 0.25) is 0 Å². The third-order valence-corrected chi connectivity index (χ3v) is 3.94. The second-order valence-corrected chi connectivity index (χ2v) is 5.67. The summed E-state index contributed by atoms with van der Waals surface area (Å²) in [7, 11) is 1.76. The maximum atomic E-state index is 5.50. The molecule has 0 spiro atoms. The summed E-state index contributed by atoms with van der Waals surface area (Å²) in [6.07, 6.45) is 3.77. The van der Waals surface area contributed by atoms with Gasteiger partial charge in [0.05, 0.1) is 7.11 Å². The zero-order valence-corrected chi connectivity index (χ0v) is 12.0. The Morgan fingerprint density at radius 2 is 2.17 bits per heavy atom. The fourth-order valence-corrected chi connectivity index (χ4v) is 2.79. The predicted molar refractivity (Wildman–Crippen MR) is 76.5 cm³/mol. The first-order valence-electron chi connectivity index (χ1n) is 7.02. The molecule has 0 bridgehead atoms. The topological polar surface area (TPSA) is 21.3 Å². The summed E-state index contributed by atoms with van der Waals surface area (Å²) < 4.78 is 5.50. The van der Waals surface area contributed by atoms with Crippen molar-refractivity contribution in [2.45, 2.75) is 52.0 Å². The number of benzene rings is 1. The van der Waals surface area contributed by atoms with E-state index in [1.807, 2.05) is 0 Å². The van der Waals surface area contributed by atoms with Crippen LogP contribution in [0, 0.1) is 6.92 Å². The molecule has 1 heterocycles. The quantitative estimate of drug-likeness (QED) is 0.880. The van der Waals surface area contributed by atoms with Crippen molar-refractivity contribution in [1.29, 1.82) is 0 Å². The van der Waals surface area contributed by atoms with E-state index in [-0.39, 0.29) is 0 Å². The first-order valence-corrected chi connectivity index (χ1v) is 7.02. The molecule has 100 valence electrons. The first-order chi connectivity index (χ1) is 8.61. The highest BCUT2D eigenvalue weighted by molar-refractivity contribution is 5.44. The van der Waals surface area contributed by atoms with Crippen LogP contribution in [0.15, 0.2) is 12.1 Å². The van der Waals surface area contributed by atoms with E-state index >= 15 is 0 Å². The van der Waals surface area contributed by atoms with Crippen LogP contribution in [0.1, 0.15) is 49.3 Å². The van der Waals surface area contributed by atoms with Crippen LogP contribution in [0.5, 0.6) is 5.75 Å². The maximum absolute atomic E-state index is 5.50. The van der Waals surface area contributed by atoms with Gasteiger partial charge in [0.15, 0.2) is 0 Å². The molecule has 2 nitrogen and oxygen atoms in total. The maximum Gasteiger partial charge on any atom is 0.122 e. The highest BCUT2D eigenvalue weighted by atomic mass is 16.5. The zero-order valence-electron chi connectivity index (χ0n) is 12.0. The molecule has 1 unspecified atom stereocenters. The van der Waals surface area contributed by atoms with Gasteiger partial charge in [-0.15, -0.1) is 0 Å². The Morgan fingerprint density at radius 3 is 2.72 bits per heavy atom. The minimum Gasteiger partial charge on any atom is -0.496 e. The SMILES string of the molecule is COc1cc(C)c(CC2CCCN2)cc1C(C)C. The zero-order chi connectivity index (χ0) is 13.1. The summed E-state index contributed by atoms with van der Waals surface area (Å²) in [5.41, 5.74) is 4.15. The molecule has 1 saturated heterocycles. The lowest BCUT2D eigenvalue weighted by Crippen LogP contribution is -2.24. The Bertz CT molecular complexity index is 406. The van der Waals surface area contributed by atoms with Crippen LogP contribution in [0.3, 0.4) is 0 Å². The second-order valence-electron chi connectivity index (χ2n) is 5.67. The van der Waals surface area contributed by atoms with Crippen LogP contribution in [0.25, 0.3) is 0 Å². The van der Waals surface area contributed by atoms with Crippen molar-refractivity contribution in [2.75, 3.05) is 13.7 Å². The Labute approximate surface area is 111 Å². The van der Waals surface area contributed by atoms with Gasteiger partial charge in [0.25, 0.3) is 0 Å². The summed E-state index contributed by atoms with van der Waals surface area (Å²) in [6, 6.07) is 5.20. The minimum absolute atomic E-state index is 0.510. The molecule has 1 aromatic rings. The summed E-state index contributed by atoms with van der Waals surface area (Å²) in [5.74, 6) is 1.54. The molecule has 2 rings (SSSR count). The van der Waals surface area contributed by atoms with Crippen molar-refractivity contribution < 1.29 is 4.74 Å². The van der Waals surface area contributed by atoms with Crippen LogP contribution < -0.4 is 10.1 Å². The molecule has 0 saturated carbocycles. The van der Waals surface area contributed by atoms with E-state index < -0.39 is 0 Å². The smallest absolute Gasteiger partial charge is 0.122 e. The van der Waals surface area contributed by atoms with Gasteiger partial charge in [-0.05, 0) is 61.4 Å². The van der Waals surface area contributed by atoms with Crippen molar-refractivity contribution in [1.82, 2.24) is 5.32 Å². The van der Waals surface area contributed by atoms with E-state index in [4.69, 9.17) is 4.74 Å². The monoisotopic (exact) mass is 247 g/mol. The Kier molecular flexibility index (Phi) is 4.28. The molecule has 0 aromatic heterocycles. The molecule has 0 amide bonds. The lowest BCUT2D eigenvalue weighted by atomic mass is 9.93. The summed E-state index contributed by atoms with van der Waals surface area (Å²) in [5, 5.41) is 3.58. The fraction of sp³-hybridized carbons (Fsp3) is 0.625. The minimum atomic E-state index is 0.510. The lowest BCUT2D eigenvalue weighted by Gasteiger charge is -2.18. The van der Waals surface area contributed by atoms with E-state index in [9.17, 15) is 0 Å². The molecule has 0 aliphatic carbocycles. The number of hydrogen-bond donors (Lipinski definition) is 1. The van der Waals surface area contributed by atoms with Gasteiger partial charge in [0.1, 0.15) is 5.75 Å². The van der Waals surface area contributed by atoms with Gasteiger partial charge in [-0.1, -0.05) is 19.9 Å². The van der Waals surface area contributed by atoms with Crippen LogP contribution in [-0.2, 0) is 6.42 Å². The van der Waals surface area contributed by atoms with Gasteiger partial charge < -0.3 is 10.1 Å². The Balaban J connectivity index is 2.26. The van der Waals surface area contributed by atoms with Gasteiger partial charge in [0, 0.05) is 6.04 Å². The van der Waals surface area contributed by atoms with Gasteiger partial charge in [0.2, 0.25) is 0 Å². The summed E-state index contributed by atoms with van der Waals surface area (Å²) in [6.45, 7) is 7.82. The number of nitrogens with one attached hydrogen (secondary N) is 1. The molecule has 1 N–H and O–H groups in total. The number of methoxy groups -OCH3 is 1. The van der Waals surface area contributed by atoms with Gasteiger partial charge in [-0.25, -0.2) is 0 Å². The first kappa shape index (κ1) is 13.4. The molecule has 1 aliphatic rings. The fourth-order valence-electron chi connectivity index (χ4n) is 2.79. The molecular formula is C16H25NO. The molecular weight excluding hydrogens is 222 g/mol. The predicted octanol–water partition coefficient (Wildman–Crippen LogP) is 3.42. The van der Waals surface area contributed by atoms with E-state index in [2.05, 4.69) is 38.2 Å². The Hall–Kier alpha value is -1.02. The average Bonchev–Trinajstić information content (AvgIpc) is 2.83. The number of aryl methyl sites for hydroxylation is 1. The van der Waals surface area contributed by atoms with Crippen molar-refractivity contribution in [3.8, 4) is 5.75 Å². The van der Waals surface area contributed by atoms with E-state index in [0.717, 1.165) is 12.2 Å². The third-order valence-electron chi connectivity index (χ3n) is 3.94. The molecule has 0 radical (unpaired) electrons. The van der Waals surface area contributed by atoms with Crippen molar-refractivity contribution in [2.24, 2.45) is 0 Å². The molecule has 1 aliphatic heterocycles. The van der Waals surface area contributed by atoms with E-state index in [0.29, 0.717) is 12.0 Å². The van der Waals surface area contributed by atoms with Crippen molar-refractivity contribution in [3.63, 3.8) is 0 Å². The average molecular weight is 247 g/mol. The van der Waals surface area contributed by atoms with E-state index in [1.54, 1.807) is 7.11 Å². The van der Waals surface area contributed by atoms with Gasteiger partial charge in [-0.3, -0.25) is 0 Å². The van der Waals surface area contributed by atoms with Gasteiger partial charge in [-0.2, -0.15) is 0 Å². The summed E-state index contributed by atoms with van der Waals surface area (Å²) in [4.78, 5) is 0. The van der Waals surface area contributed by atoms with Crippen LogP contribution in [-0.4, -0.2) is 19.7 Å². The number of ether oxygens (including phenoxy) is 1. The molecule has 18 heavy (non-hydrogen) atoms.